The van der Waals surface area contributed by atoms with Crippen molar-refractivity contribution in [3.63, 3.8) is 0 Å². The molecule has 0 aliphatic carbocycles. The van der Waals surface area contributed by atoms with Crippen molar-refractivity contribution in [2.45, 2.75) is 19.0 Å². The number of carbonyl (C=O) groups is 1. The summed E-state index contributed by atoms with van der Waals surface area (Å²) in [6.45, 7) is 2.41. The van der Waals surface area contributed by atoms with Gasteiger partial charge in [-0.05, 0) is 25.1 Å². The van der Waals surface area contributed by atoms with Crippen LogP contribution in [0.2, 0.25) is 0 Å². The van der Waals surface area contributed by atoms with E-state index in [1.165, 1.54) is 0 Å². The van der Waals surface area contributed by atoms with E-state index in [4.69, 9.17) is 9.72 Å². The van der Waals surface area contributed by atoms with Crippen molar-refractivity contribution >= 4 is 28.4 Å². The maximum Gasteiger partial charge on any atom is 0.315 e. The van der Waals surface area contributed by atoms with Crippen LogP contribution in [0.5, 0.6) is 0 Å². The predicted molar refractivity (Wildman–Crippen MR) is 123 cm³/mol. The smallest absolute Gasteiger partial charge is 0.315 e. The third-order valence-corrected chi connectivity index (χ3v) is 5.60. The number of hydrogen-bond acceptors (Lipinski definition) is 7. The van der Waals surface area contributed by atoms with Gasteiger partial charge in [0.05, 0.1) is 24.4 Å². The zero-order valence-corrected chi connectivity index (χ0v) is 18.8. The van der Waals surface area contributed by atoms with E-state index >= 15 is 0 Å². The zero-order valence-electron chi connectivity index (χ0n) is 18.8. The molecule has 0 saturated carbocycles. The van der Waals surface area contributed by atoms with Gasteiger partial charge in [0.25, 0.3) is 5.91 Å². The van der Waals surface area contributed by atoms with Crippen LogP contribution < -0.4 is 10.2 Å². The molecule has 3 heterocycles. The Bertz CT molecular complexity index is 1140. The number of fused-ring (bicyclic) bond motifs is 1. The number of nitrogens with zero attached hydrogens (tertiary/aromatic N) is 5. The van der Waals surface area contributed by atoms with E-state index in [2.05, 4.69) is 15.3 Å². The lowest BCUT2D eigenvalue weighted by Crippen LogP contribution is -2.56. The number of rotatable bonds is 6. The minimum atomic E-state index is -3.03. The van der Waals surface area contributed by atoms with Crippen LogP contribution in [0, 0.1) is 0 Å². The maximum absolute atomic E-state index is 12.9. The summed E-state index contributed by atoms with van der Waals surface area (Å²) in [5.41, 5.74) is 3.12. The number of ether oxygens (including phenoxy) is 1. The molecule has 1 aliphatic heterocycles. The van der Waals surface area contributed by atoms with Crippen molar-refractivity contribution in [2.24, 2.45) is 0 Å². The number of halogens is 2. The van der Waals surface area contributed by atoms with E-state index in [0.717, 1.165) is 21.8 Å². The van der Waals surface area contributed by atoms with Crippen molar-refractivity contribution in [3.8, 4) is 11.3 Å². The van der Waals surface area contributed by atoms with E-state index in [0.29, 0.717) is 16.9 Å². The first-order valence-electron chi connectivity index (χ1n) is 10.6. The molecule has 8 nitrogen and oxygen atoms in total. The molecule has 1 atom stereocenters. The van der Waals surface area contributed by atoms with E-state index in [-0.39, 0.29) is 26.2 Å². The fraction of sp³-hybridized carbons (Fsp3) is 0.391. The van der Waals surface area contributed by atoms with E-state index in [1.54, 1.807) is 19.3 Å². The zero-order chi connectivity index (χ0) is 23.6. The minimum Gasteiger partial charge on any atom is -0.378 e. The van der Waals surface area contributed by atoms with Crippen molar-refractivity contribution < 1.29 is 18.3 Å². The molecule has 174 valence electrons. The minimum absolute atomic E-state index is 0.0540. The van der Waals surface area contributed by atoms with Crippen LogP contribution in [-0.2, 0) is 9.53 Å². The summed E-state index contributed by atoms with van der Waals surface area (Å²) in [6, 6.07) is 9.87. The monoisotopic (exact) mass is 456 g/mol. The molecular formula is C23H26F2N6O2. The first kappa shape index (κ1) is 22.8. The third kappa shape index (κ3) is 5.00. The van der Waals surface area contributed by atoms with Gasteiger partial charge in [0.1, 0.15) is 11.1 Å². The predicted octanol–water partition coefficient (Wildman–Crippen LogP) is 3.05. The summed E-state index contributed by atoms with van der Waals surface area (Å²) in [5.74, 6) is -0.670. The van der Waals surface area contributed by atoms with Gasteiger partial charge in [-0.15, -0.1) is 0 Å². The molecule has 0 bridgehead atoms. The van der Waals surface area contributed by atoms with Crippen LogP contribution >= 0.6 is 0 Å². The number of morpholine rings is 1. The van der Waals surface area contributed by atoms with Crippen molar-refractivity contribution in [1.29, 1.82) is 0 Å². The number of benzene rings is 1. The standard InChI is InChI=1S/C23H26F2N6O2/c1-23(14-31(10-11-33-23)22(32)20(24)25)13-28-21-19-18(26-8-9-27-19)12-17(29-21)15-4-6-16(7-5-15)30(2)3/h4-9,12,20H,10-11,13-14H2,1-3H3,(H,28,29)/t23-/m0/s1. The Hall–Kier alpha value is -3.40. The summed E-state index contributed by atoms with van der Waals surface area (Å²) in [4.78, 5) is 28.5. The highest BCUT2D eigenvalue weighted by Crippen LogP contribution is 2.28. The van der Waals surface area contributed by atoms with Gasteiger partial charge < -0.3 is 19.9 Å². The van der Waals surface area contributed by atoms with Gasteiger partial charge in [-0.3, -0.25) is 9.78 Å². The fourth-order valence-corrected chi connectivity index (χ4v) is 3.81. The van der Waals surface area contributed by atoms with Gasteiger partial charge in [-0.1, -0.05) is 12.1 Å². The van der Waals surface area contributed by atoms with Crippen molar-refractivity contribution in [3.05, 3.63) is 42.7 Å². The van der Waals surface area contributed by atoms with Gasteiger partial charge in [0.2, 0.25) is 0 Å². The first-order valence-corrected chi connectivity index (χ1v) is 10.6. The highest BCUT2D eigenvalue weighted by molar-refractivity contribution is 5.88. The third-order valence-electron chi connectivity index (χ3n) is 5.60. The maximum atomic E-state index is 12.9. The van der Waals surface area contributed by atoms with Crippen LogP contribution in [0.25, 0.3) is 22.3 Å². The van der Waals surface area contributed by atoms with Crippen molar-refractivity contribution in [1.82, 2.24) is 19.9 Å². The van der Waals surface area contributed by atoms with E-state index in [1.807, 2.05) is 49.3 Å². The molecule has 0 unspecified atom stereocenters. The molecule has 3 aromatic rings. The number of carbonyl (C=O) groups excluding carboxylic acids is 1. The number of pyridine rings is 1. The number of amides is 1. The SMILES string of the molecule is CN(C)c1ccc(-c2cc3nccnc3c(NC[C@@]3(C)CN(C(=O)C(F)F)CCO3)n2)cc1. The lowest BCUT2D eigenvalue weighted by atomic mass is 10.0. The number of nitrogens with one attached hydrogen (secondary N) is 1. The number of anilines is 2. The second-order valence-corrected chi connectivity index (χ2v) is 8.43. The lowest BCUT2D eigenvalue weighted by Gasteiger charge is -2.40. The molecule has 0 spiro atoms. The Labute approximate surface area is 190 Å². The topological polar surface area (TPSA) is 83.5 Å². The van der Waals surface area contributed by atoms with Crippen LogP contribution in [0.3, 0.4) is 0 Å². The summed E-state index contributed by atoms with van der Waals surface area (Å²) in [5, 5.41) is 3.25. The molecule has 1 fully saturated rings. The molecular weight excluding hydrogens is 430 g/mol. The van der Waals surface area contributed by atoms with Gasteiger partial charge in [-0.2, -0.15) is 8.78 Å². The Balaban J connectivity index is 1.60. The Morgan fingerprint density at radius 2 is 1.97 bits per heavy atom. The molecule has 1 N–H and O–H groups in total. The number of aromatic nitrogens is 3. The molecule has 1 amide bonds. The Morgan fingerprint density at radius 3 is 2.67 bits per heavy atom. The van der Waals surface area contributed by atoms with Gasteiger partial charge in [0, 0.05) is 50.8 Å². The summed E-state index contributed by atoms with van der Waals surface area (Å²) >= 11 is 0. The molecule has 0 radical (unpaired) electrons. The van der Waals surface area contributed by atoms with Crippen LogP contribution in [0.15, 0.2) is 42.7 Å². The van der Waals surface area contributed by atoms with Crippen LogP contribution in [0.4, 0.5) is 20.3 Å². The largest absolute Gasteiger partial charge is 0.378 e. The van der Waals surface area contributed by atoms with Gasteiger partial charge in [-0.25, -0.2) is 9.97 Å². The van der Waals surface area contributed by atoms with Crippen LogP contribution in [-0.4, -0.2) is 78.1 Å². The molecule has 33 heavy (non-hydrogen) atoms. The first-order chi connectivity index (χ1) is 15.8. The Morgan fingerprint density at radius 1 is 1.24 bits per heavy atom. The molecule has 1 aliphatic rings. The summed E-state index contributed by atoms with van der Waals surface area (Å²) in [6.07, 6.45) is 0.171. The van der Waals surface area contributed by atoms with E-state index < -0.39 is 17.9 Å². The Kier molecular flexibility index (Phi) is 6.37. The average Bonchev–Trinajstić information content (AvgIpc) is 2.82. The summed E-state index contributed by atoms with van der Waals surface area (Å²) in [7, 11) is 3.95. The normalized spacial score (nSPS) is 18.5. The fourth-order valence-electron chi connectivity index (χ4n) is 3.81. The molecule has 10 heteroatoms. The summed E-state index contributed by atoms with van der Waals surface area (Å²) < 4.78 is 31.6. The van der Waals surface area contributed by atoms with Crippen molar-refractivity contribution in [2.75, 3.05) is 50.6 Å². The number of alkyl halides is 2. The molecule has 1 saturated heterocycles. The molecule has 2 aromatic heterocycles. The van der Waals surface area contributed by atoms with Gasteiger partial charge in [0.15, 0.2) is 5.82 Å². The second kappa shape index (κ2) is 9.22. The molecule has 1 aromatic carbocycles. The quantitative estimate of drug-likeness (QED) is 0.610. The number of hydrogen-bond donors (Lipinski definition) is 1. The van der Waals surface area contributed by atoms with Crippen LogP contribution in [0.1, 0.15) is 6.92 Å². The molecule has 4 rings (SSSR count). The van der Waals surface area contributed by atoms with Gasteiger partial charge >= 0.3 is 6.43 Å². The van der Waals surface area contributed by atoms with E-state index in [9.17, 15) is 13.6 Å². The highest BCUT2D eigenvalue weighted by atomic mass is 19.3. The second-order valence-electron chi connectivity index (χ2n) is 8.43. The lowest BCUT2D eigenvalue weighted by molar-refractivity contribution is -0.157. The highest BCUT2D eigenvalue weighted by Gasteiger charge is 2.36. The average molecular weight is 456 g/mol.